The molecule has 7 nitrogen and oxygen atoms in total. The molecule has 4 rings (SSSR count). The van der Waals surface area contributed by atoms with Crippen LogP contribution in [0.4, 0.5) is 17.3 Å². The first-order valence-corrected chi connectivity index (χ1v) is 11.1. The third-order valence-electron chi connectivity index (χ3n) is 6.06. The number of nitrogens with zero attached hydrogens (tertiary/aromatic N) is 3. The summed E-state index contributed by atoms with van der Waals surface area (Å²) in [5.41, 5.74) is 2.18. The third-order valence-corrected chi connectivity index (χ3v) is 6.06. The normalized spacial score (nSPS) is 22.0. The highest BCUT2D eigenvalue weighted by Gasteiger charge is 2.21. The largest absolute Gasteiger partial charge is 0.477 e. The molecule has 2 aliphatic rings. The van der Waals surface area contributed by atoms with Gasteiger partial charge in [-0.15, -0.1) is 0 Å². The van der Waals surface area contributed by atoms with E-state index < -0.39 is 0 Å². The molecular formula is C23H33N5O2. The standard InChI is InChI=1S/C23H33N5O2/c1-24-16-18-2-4-19(5-3-18)17-30-22-10-11-25-23(27-22)26-20-6-8-21(9-7-20)28-12-14-29-15-13-28/h6-11,18-19,24H,2-5,12-17H2,1H3,(H,25,26,27)/t18-,19-. The summed E-state index contributed by atoms with van der Waals surface area (Å²) in [7, 11) is 2.04. The first-order valence-electron chi connectivity index (χ1n) is 11.1. The molecule has 7 heteroatoms. The summed E-state index contributed by atoms with van der Waals surface area (Å²) in [4.78, 5) is 11.2. The van der Waals surface area contributed by atoms with E-state index in [1.165, 1.54) is 31.4 Å². The minimum Gasteiger partial charge on any atom is -0.477 e. The van der Waals surface area contributed by atoms with Crippen molar-refractivity contribution < 1.29 is 9.47 Å². The van der Waals surface area contributed by atoms with Crippen LogP contribution in [0.1, 0.15) is 25.7 Å². The second kappa shape index (κ2) is 10.6. The molecule has 1 saturated carbocycles. The lowest BCUT2D eigenvalue weighted by Crippen LogP contribution is -2.36. The topological polar surface area (TPSA) is 71.5 Å². The lowest BCUT2D eigenvalue weighted by molar-refractivity contribution is 0.122. The molecule has 1 aliphatic heterocycles. The van der Waals surface area contributed by atoms with Gasteiger partial charge in [-0.05, 0) is 75.4 Å². The Bertz CT molecular complexity index is 771. The van der Waals surface area contributed by atoms with Crippen LogP contribution in [0.2, 0.25) is 0 Å². The Labute approximate surface area is 179 Å². The summed E-state index contributed by atoms with van der Waals surface area (Å²) in [6.45, 7) is 5.31. The Balaban J connectivity index is 1.27. The van der Waals surface area contributed by atoms with Crippen molar-refractivity contribution in [3.63, 3.8) is 0 Å². The van der Waals surface area contributed by atoms with E-state index in [-0.39, 0.29) is 0 Å². The predicted octanol–water partition coefficient (Wildman–Crippen LogP) is 3.46. The SMILES string of the molecule is CNC[C@H]1CC[C@H](COc2ccnc(Nc3ccc(N4CCOCC4)cc3)n2)CC1. The smallest absolute Gasteiger partial charge is 0.230 e. The van der Waals surface area contributed by atoms with Crippen LogP contribution in [0.15, 0.2) is 36.5 Å². The Morgan fingerprint density at radius 2 is 1.77 bits per heavy atom. The fraction of sp³-hybridized carbons (Fsp3) is 0.565. The van der Waals surface area contributed by atoms with Gasteiger partial charge < -0.3 is 25.0 Å². The fourth-order valence-electron chi connectivity index (χ4n) is 4.28. The molecule has 2 heterocycles. The van der Waals surface area contributed by atoms with Crippen molar-refractivity contribution in [1.82, 2.24) is 15.3 Å². The summed E-state index contributed by atoms with van der Waals surface area (Å²) < 4.78 is 11.4. The van der Waals surface area contributed by atoms with Crippen LogP contribution in [-0.2, 0) is 4.74 Å². The van der Waals surface area contributed by atoms with E-state index >= 15 is 0 Å². The Hall–Kier alpha value is -2.38. The van der Waals surface area contributed by atoms with Crippen LogP contribution in [0.25, 0.3) is 0 Å². The second-order valence-corrected chi connectivity index (χ2v) is 8.25. The highest BCUT2D eigenvalue weighted by molar-refractivity contribution is 5.59. The van der Waals surface area contributed by atoms with Crippen LogP contribution in [0.3, 0.4) is 0 Å². The first-order chi connectivity index (χ1) is 14.8. The van der Waals surface area contributed by atoms with Gasteiger partial charge in [-0.3, -0.25) is 0 Å². The lowest BCUT2D eigenvalue weighted by atomic mass is 9.82. The minimum absolute atomic E-state index is 0.560. The van der Waals surface area contributed by atoms with Gasteiger partial charge in [-0.25, -0.2) is 4.98 Å². The van der Waals surface area contributed by atoms with Gasteiger partial charge in [-0.2, -0.15) is 4.98 Å². The van der Waals surface area contributed by atoms with E-state index in [9.17, 15) is 0 Å². The Morgan fingerprint density at radius 3 is 2.50 bits per heavy atom. The average Bonchev–Trinajstić information content (AvgIpc) is 2.80. The van der Waals surface area contributed by atoms with Crippen LogP contribution in [-0.4, -0.2) is 56.5 Å². The fourth-order valence-corrected chi connectivity index (χ4v) is 4.28. The summed E-state index contributed by atoms with van der Waals surface area (Å²) in [6, 6.07) is 10.2. The van der Waals surface area contributed by atoms with Gasteiger partial charge in [0, 0.05) is 36.7 Å². The van der Waals surface area contributed by atoms with Crippen LogP contribution in [0, 0.1) is 11.8 Å². The van der Waals surface area contributed by atoms with Gasteiger partial charge in [0.25, 0.3) is 0 Å². The number of hydrogen-bond acceptors (Lipinski definition) is 7. The number of morpholine rings is 1. The number of benzene rings is 1. The molecule has 2 aromatic rings. The Kier molecular flexibility index (Phi) is 7.37. The van der Waals surface area contributed by atoms with Crippen molar-refractivity contribution >= 4 is 17.3 Å². The molecule has 1 aliphatic carbocycles. The summed E-state index contributed by atoms with van der Waals surface area (Å²) in [5.74, 6) is 2.63. The van der Waals surface area contributed by atoms with E-state index in [1.807, 2.05) is 13.1 Å². The zero-order chi connectivity index (χ0) is 20.6. The van der Waals surface area contributed by atoms with Crippen molar-refractivity contribution in [2.45, 2.75) is 25.7 Å². The number of rotatable bonds is 8. The third kappa shape index (κ3) is 5.83. The van der Waals surface area contributed by atoms with Crippen LogP contribution >= 0.6 is 0 Å². The molecule has 0 spiro atoms. The van der Waals surface area contributed by atoms with E-state index in [1.54, 1.807) is 6.20 Å². The summed E-state index contributed by atoms with van der Waals surface area (Å²) in [5, 5.41) is 6.57. The second-order valence-electron chi connectivity index (χ2n) is 8.25. The maximum absolute atomic E-state index is 5.99. The highest BCUT2D eigenvalue weighted by Crippen LogP contribution is 2.29. The van der Waals surface area contributed by atoms with Gasteiger partial charge in [0.15, 0.2) is 0 Å². The van der Waals surface area contributed by atoms with Crippen LogP contribution in [0.5, 0.6) is 5.88 Å². The van der Waals surface area contributed by atoms with Gasteiger partial charge in [0.05, 0.1) is 19.8 Å². The summed E-state index contributed by atoms with van der Waals surface area (Å²) in [6.07, 6.45) is 6.78. The molecular weight excluding hydrogens is 378 g/mol. The average molecular weight is 412 g/mol. The molecule has 1 aromatic heterocycles. The number of ether oxygens (including phenoxy) is 2. The first kappa shape index (κ1) is 20.9. The van der Waals surface area contributed by atoms with Gasteiger partial charge in [0.2, 0.25) is 11.8 Å². The molecule has 2 N–H and O–H groups in total. The number of hydrogen-bond donors (Lipinski definition) is 2. The molecule has 162 valence electrons. The van der Waals surface area contributed by atoms with Crippen molar-refractivity contribution in [1.29, 1.82) is 0 Å². The van der Waals surface area contributed by atoms with Crippen LogP contribution < -0.4 is 20.3 Å². The molecule has 0 atom stereocenters. The molecule has 0 amide bonds. The highest BCUT2D eigenvalue weighted by atomic mass is 16.5. The van der Waals surface area contributed by atoms with Crippen molar-refractivity contribution in [3.05, 3.63) is 36.5 Å². The lowest BCUT2D eigenvalue weighted by Gasteiger charge is -2.28. The molecule has 1 saturated heterocycles. The van der Waals surface area contributed by atoms with E-state index in [0.29, 0.717) is 17.7 Å². The molecule has 1 aromatic carbocycles. The predicted molar refractivity (Wildman–Crippen MR) is 120 cm³/mol. The maximum Gasteiger partial charge on any atom is 0.230 e. The maximum atomic E-state index is 5.99. The number of anilines is 3. The van der Waals surface area contributed by atoms with E-state index in [2.05, 4.69) is 49.8 Å². The minimum atomic E-state index is 0.560. The summed E-state index contributed by atoms with van der Waals surface area (Å²) >= 11 is 0. The van der Waals surface area contributed by atoms with E-state index in [4.69, 9.17) is 9.47 Å². The molecule has 30 heavy (non-hydrogen) atoms. The Morgan fingerprint density at radius 1 is 1.03 bits per heavy atom. The van der Waals surface area contributed by atoms with Crippen molar-refractivity contribution in [3.8, 4) is 5.88 Å². The van der Waals surface area contributed by atoms with Gasteiger partial charge >= 0.3 is 0 Å². The monoisotopic (exact) mass is 411 g/mol. The molecule has 0 radical (unpaired) electrons. The van der Waals surface area contributed by atoms with Crippen molar-refractivity contribution in [2.24, 2.45) is 11.8 Å². The number of nitrogens with one attached hydrogen (secondary N) is 2. The van der Waals surface area contributed by atoms with Crippen molar-refractivity contribution in [2.75, 3.05) is 56.7 Å². The van der Waals surface area contributed by atoms with E-state index in [0.717, 1.165) is 51.1 Å². The molecule has 0 unspecified atom stereocenters. The number of aromatic nitrogens is 2. The quantitative estimate of drug-likeness (QED) is 0.689. The van der Waals surface area contributed by atoms with Gasteiger partial charge in [0.1, 0.15) is 0 Å². The molecule has 2 fully saturated rings. The van der Waals surface area contributed by atoms with Gasteiger partial charge in [-0.1, -0.05) is 0 Å². The zero-order valence-electron chi connectivity index (χ0n) is 17.8. The zero-order valence-corrected chi connectivity index (χ0v) is 17.8. The molecule has 0 bridgehead atoms.